The lowest BCUT2D eigenvalue weighted by atomic mass is 10.1. The number of carbonyl (C=O) groups excluding carboxylic acids is 1. The van der Waals surface area contributed by atoms with Crippen LogP contribution in [0.1, 0.15) is 17.9 Å². The number of carbonyl (C=O) groups is 1. The summed E-state index contributed by atoms with van der Waals surface area (Å²) in [6.45, 7) is 0. The van der Waals surface area contributed by atoms with E-state index in [9.17, 15) is 9.18 Å². The van der Waals surface area contributed by atoms with E-state index in [2.05, 4.69) is 5.32 Å². The predicted octanol–water partition coefficient (Wildman–Crippen LogP) is 4.87. The van der Waals surface area contributed by atoms with E-state index >= 15 is 0 Å². The normalized spacial score (nSPS) is 20.1. The van der Waals surface area contributed by atoms with E-state index in [0.717, 1.165) is 12.0 Å². The summed E-state index contributed by atoms with van der Waals surface area (Å²) in [6.07, 6.45) is 0.777. The first-order valence-electron chi connectivity index (χ1n) is 6.56. The van der Waals surface area contributed by atoms with E-state index in [4.69, 9.17) is 23.2 Å². The van der Waals surface area contributed by atoms with Gasteiger partial charge in [-0.2, -0.15) is 0 Å². The van der Waals surface area contributed by atoms with Crippen molar-refractivity contribution < 1.29 is 9.18 Å². The second-order valence-electron chi connectivity index (χ2n) is 5.12. The molecular formula is C16H12Cl2FNO. The number of hydrogen-bond acceptors (Lipinski definition) is 1. The third kappa shape index (κ3) is 3.20. The zero-order chi connectivity index (χ0) is 15.0. The maximum Gasteiger partial charge on any atom is 0.228 e. The van der Waals surface area contributed by atoms with Crippen molar-refractivity contribution in [1.29, 1.82) is 0 Å². The summed E-state index contributed by atoms with van der Waals surface area (Å²) in [5, 5.41) is 3.68. The van der Waals surface area contributed by atoms with E-state index in [1.165, 1.54) is 12.1 Å². The highest BCUT2D eigenvalue weighted by Crippen LogP contribution is 2.48. The summed E-state index contributed by atoms with van der Waals surface area (Å²) in [6, 6.07) is 11.3. The molecular weight excluding hydrogens is 312 g/mol. The van der Waals surface area contributed by atoms with Crippen molar-refractivity contribution in [3.63, 3.8) is 0 Å². The minimum Gasteiger partial charge on any atom is -0.326 e. The van der Waals surface area contributed by atoms with Gasteiger partial charge in [0.15, 0.2) is 0 Å². The molecule has 2 unspecified atom stereocenters. The van der Waals surface area contributed by atoms with Crippen molar-refractivity contribution in [2.24, 2.45) is 5.92 Å². The molecule has 21 heavy (non-hydrogen) atoms. The van der Waals surface area contributed by atoms with Crippen molar-refractivity contribution in [2.75, 3.05) is 5.32 Å². The first kappa shape index (κ1) is 14.4. The molecule has 2 aromatic carbocycles. The second kappa shape index (κ2) is 5.66. The van der Waals surface area contributed by atoms with Crippen LogP contribution in [-0.2, 0) is 4.79 Å². The van der Waals surface area contributed by atoms with Gasteiger partial charge in [-0.1, -0.05) is 35.3 Å². The highest BCUT2D eigenvalue weighted by Gasteiger charge is 2.43. The molecule has 1 amide bonds. The van der Waals surface area contributed by atoms with Crippen molar-refractivity contribution in [2.45, 2.75) is 12.3 Å². The van der Waals surface area contributed by atoms with Gasteiger partial charge in [-0.15, -0.1) is 0 Å². The van der Waals surface area contributed by atoms with E-state index in [1.807, 2.05) is 0 Å². The van der Waals surface area contributed by atoms with Crippen LogP contribution in [0.2, 0.25) is 10.0 Å². The van der Waals surface area contributed by atoms with Crippen LogP contribution in [0.4, 0.5) is 10.1 Å². The smallest absolute Gasteiger partial charge is 0.228 e. The first-order chi connectivity index (χ1) is 10.0. The lowest BCUT2D eigenvalue weighted by Crippen LogP contribution is -2.14. The lowest BCUT2D eigenvalue weighted by Gasteiger charge is -2.06. The molecule has 0 spiro atoms. The number of benzene rings is 2. The fourth-order valence-corrected chi connectivity index (χ4v) is 2.67. The highest BCUT2D eigenvalue weighted by atomic mass is 35.5. The Morgan fingerprint density at radius 2 is 1.81 bits per heavy atom. The summed E-state index contributed by atoms with van der Waals surface area (Å²) in [7, 11) is 0. The number of halogens is 3. The molecule has 1 aliphatic carbocycles. The molecule has 3 rings (SSSR count). The van der Waals surface area contributed by atoms with E-state index < -0.39 is 0 Å². The third-order valence-electron chi connectivity index (χ3n) is 3.61. The molecule has 1 N–H and O–H groups in total. The lowest BCUT2D eigenvalue weighted by molar-refractivity contribution is -0.117. The number of nitrogens with one attached hydrogen (secondary N) is 1. The summed E-state index contributed by atoms with van der Waals surface area (Å²) in [5.74, 6) is -0.239. The molecule has 1 aliphatic rings. The van der Waals surface area contributed by atoms with Crippen LogP contribution in [0.3, 0.4) is 0 Å². The standard InChI is InChI=1S/C16H12Cl2FNO/c17-14-6-5-11(7-15(14)18)20-16(21)13-8-12(13)9-1-3-10(19)4-2-9/h1-7,12-13H,8H2,(H,20,21). The van der Waals surface area contributed by atoms with Gasteiger partial charge in [-0.3, -0.25) is 4.79 Å². The summed E-state index contributed by atoms with van der Waals surface area (Å²) < 4.78 is 12.9. The summed E-state index contributed by atoms with van der Waals surface area (Å²) in [5.41, 5.74) is 1.62. The summed E-state index contributed by atoms with van der Waals surface area (Å²) >= 11 is 11.7. The van der Waals surface area contributed by atoms with Gasteiger partial charge in [0.05, 0.1) is 10.0 Å². The van der Waals surface area contributed by atoms with Gasteiger partial charge in [-0.25, -0.2) is 4.39 Å². The zero-order valence-electron chi connectivity index (χ0n) is 10.9. The van der Waals surface area contributed by atoms with Crippen LogP contribution >= 0.6 is 23.2 Å². The maximum absolute atomic E-state index is 12.9. The molecule has 0 aromatic heterocycles. The van der Waals surface area contributed by atoms with Gasteiger partial charge >= 0.3 is 0 Å². The Balaban J connectivity index is 1.65. The zero-order valence-corrected chi connectivity index (χ0v) is 12.5. The van der Waals surface area contributed by atoms with Gasteiger partial charge < -0.3 is 5.32 Å². The molecule has 1 fully saturated rings. The largest absolute Gasteiger partial charge is 0.326 e. The van der Waals surface area contributed by atoms with Gasteiger partial charge in [0.25, 0.3) is 0 Å². The van der Waals surface area contributed by atoms with E-state index in [0.29, 0.717) is 15.7 Å². The molecule has 0 radical (unpaired) electrons. The number of amides is 1. The predicted molar refractivity (Wildman–Crippen MR) is 82.3 cm³/mol. The molecule has 0 heterocycles. The van der Waals surface area contributed by atoms with Gasteiger partial charge in [0, 0.05) is 11.6 Å². The minimum absolute atomic E-state index is 0.0530. The number of rotatable bonds is 3. The average Bonchev–Trinajstić information content (AvgIpc) is 3.24. The SMILES string of the molecule is O=C(Nc1ccc(Cl)c(Cl)c1)C1CC1c1ccc(F)cc1. The van der Waals surface area contributed by atoms with Crippen molar-refractivity contribution in [3.8, 4) is 0 Å². The fraction of sp³-hybridized carbons (Fsp3) is 0.188. The third-order valence-corrected chi connectivity index (χ3v) is 4.35. The Kier molecular flexibility index (Phi) is 3.87. The Morgan fingerprint density at radius 3 is 2.48 bits per heavy atom. The monoisotopic (exact) mass is 323 g/mol. The molecule has 2 nitrogen and oxygen atoms in total. The van der Waals surface area contributed by atoms with Gasteiger partial charge in [0.1, 0.15) is 5.82 Å². The molecule has 1 saturated carbocycles. The van der Waals surface area contributed by atoms with Crippen LogP contribution in [0, 0.1) is 11.7 Å². The molecule has 2 atom stereocenters. The Bertz CT molecular complexity index is 687. The second-order valence-corrected chi connectivity index (χ2v) is 5.93. The van der Waals surface area contributed by atoms with Gasteiger partial charge in [-0.05, 0) is 48.2 Å². The number of anilines is 1. The molecule has 5 heteroatoms. The number of hydrogen-bond donors (Lipinski definition) is 1. The fourth-order valence-electron chi connectivity index (χ4n) is 2.37. The molecule has 108 valence electrons. The Morgan fingerprint density at radius 1 is 1.10 bits per heavy atom. The molecule has 0 bridgehead atoms. The topological polar surface area (TPSA) is 29.1 Å². The van der Waals surface area contributed by atoms with Crippen molar-refractivity contribution in [3.05, 3.63) is 63.9 Å². The maximum atomic E-state index is 12.9. The quantitative estimate of drug-likeness (QED) is 0.857. The van der Waals surface area contributed by atoms with E-state index in [1.54, 1.807) is 30.3 Å². The van der Waals surface area contributed by atoms with Crippen molar-refractivity contribution >= 4 is 34.8 Å². The van der Waals surface area contributed by atoms with Crippen molar-refractivity contribution in [1.82, 2.24) is 0 Å². The summed E-state index contributed by atoms with van der Waals surface area (Å²) in [4.78, 5) is 12.2. The van der Waals surface area contributed by atoms with Crippen LogP contribution in [0.15, 0.2) is 42.5 Å². The highest BCUT2D eigenvalue weighted by molar-refractivity contribution is 6.42. The van der Waals surface area contributed by atoms with Crippen LogP contribution in [-0.4, -0.2) is 5.91 Å². The van der Waals surface area contributed by atoms with E-state index in [-0.39, 0.29) is 23.6 Å². The molecule has 2 aromatic rings. The Labute approximate surface area is 131 Å². The van der Waals surface area contributed by atoms with Crippen LogP contribution in [0.5, 0.6) is 0 Å². The molecule has 0 saturated heterocycles. The van der Waals surface area contributed by atoms with Crippen LogP contribution in [0.25, 0.3) is 0 Å². The van der Waals surface area contributed by atoms with Crippen LogP contribution < -0.4 is 5.32 Å². The minimum atomic E-state index is -0.267. The average molecular weight is 324 g/mol. The molecule has 0 aliphatic heterocycles. The first-order valence-corrected chi connectivity index (χ1v) is 7.31. The van der Waals surface area contributed by atoms with Gasteiger partial charge in [0.2, 0.25) is 5.91 Å². The Hall–Kier alpha value is -1.58.